The standard InChI is InChI=1S/C12H19NO5S2/c1-3-8(4-2)9(14)7-13-20(17,18)10-5-6-19-11(10)12(15)16/h5-6,8-9,13-14H,3-4,7H2,1-2H3,(H,15,16). The van der Waals surface area contributed by atoms with Crippen molar-refractivity contribution >= 4 is 27.3 Å². The molecule has 1 unspecified atom stereocenters. The van der Waals surface area contributed by atoms with Crippen molar-refractivity contribution in [2.24, 2.45) is 5.92 Å². The fraction of sp³-hybridized carbons (Fsp3) is 0.583. The number of rotatable bonds is 8. The first-order valence-corrected chi connectivity index (χ1v) is 8.68. The molecule has 1 aromatic heterocycles. The lowest BCUT2D eigenvalue weighted by molar-refractivity contribution is 0.0698. The molecule has 114 valence electrons. The van der Waals surface area contributed by atoms with Crippen LogP contribution in [-0.2, 0) is 10.0 Å². The van der Waals surface area contributed by atoms with E-state index in [1.807, 2.05) is 13.8 Å². The molecular formula is C12H19NO5S2. The van der Waals surface area contributed by atoms with Crippen LogP contribution in [0.15, 0.2) is 16.3 Å². The molecule has 0 radical (unpaired) electrons. The number of aromatic carboxylic acids is 1. The Kier molecular flexibility index (Phi) is 6.12. The molecule has 0 spiro atoms. The van der Waals surface area contributed by atoms with Crippen molar-refractivity contribution in [2.75, 3.05) is 6.54 Å². The molecule has 0 aliphatic carbocycles. The van der Waals surface area contributed by atoms with Crippen molar-refractivity contribution in [3.05, 3.63) is 16.3 Å². The molecule has 1 rings (SSSR count). The Labute approximate surface area is 122 Å². The van der Waals surface area contributed by atoms with Gasteiger partial charge in [0.05, 0.1) is 6.10 Å². The Hall–Kier alpha value is -0.960. The van der Waals surface area contributed by atoms with Crippen LogP contribution in [0.2, 0.25) is 0 Å². The molecule has 0 aliphatic rings. The molecule has 6 nitrogen and oxygen atoms in total. The van der Waals surface area contributed by atoms with E-state index in [0.29, 0.717) is 0 Å². The van der Waals surface area contributed by atoms with Crippen LogP contribution in [0.1, 0.15) is 36.4 Å². The molecule has 0 saturated carbocycles. The van der Waals surface area contributed by atoms with Gasteiger partial charge in [-0.05, 0) is 17.4 Å². The summed E-state index contributed by atoms with van der Waals surface area (Å²) < 4.78 is 26.4. The molecule has 1 heterocycles. The van der Waals surface area contributed by atoms with Crippen molar-refractivity contribution in [1.82, 2.24) is 4.72 Å². The summed E-state index contributed by atoms with van der Waals surface area (Å²) in [6, 6.07) is 1.25. The second kappa shape index (κ2) is 7.16. The van der Waals surface area contributed by atoms with Gasteiger partial charge in [-0.1, -0.05) is 26.7 Å². The Balaban J connectivity index is 2.81. The summed E-state index contributed by atoms with van der Waals surface area (Å²) in [5.74, 6) is -1.26. The van der Waals surface area contributed by atoms with Crippen molar-refractivity contribution in [3.63, 3.8) is 0 Å². The molecule has 0 amide bonds. The van der Waals surface area contributed by atoms with Crippen molar-refractivity contribution in [3.8, 4) is 0 Å². The largest absolute Gasteiger partial charge is 0.477 e. The topological polar surface area (TPSA) is 104 Å². The second-order valence-electron chi connectivity index (χ2n) is 4.41. The van der Waals surface area contributed by atoms with E-state index in [0.717, 1.165) is 24.2 Å². The quantitative estimate of drug-likeness (QED) is 0.673. The van der Waals surface area contributed by atoms with E-state index in [1.54, 1.807) is 0 Å². The van der Waals surface area contributed by atoms with Gasteiger partial charge in [0.1, 0.15) is 9.77 Å². The number of carbonyl (C=O) groups is 1. The predicted octanol–water partition coefficient (Wildman–Crippen LogP) is 1.52. The van der Waals surface area contributed by atoms with E-state index >= 15 is 0 Å². The predicted molar refractivity (Wildman–Crippen MR) is 76.5 cm³/mol. The number of aliphatic hydroxyl groups is 1. The zero-order chi connectivity index (χ0) is 15.3. The molecule has 1 aromatic rings. The minimum Gasteiger partial charge on any atom is -0.477 e. The zero-order valence-electron chi connectivity index (χ0n) is 11.4. The van der Waals surface area contributed by atoms with Crippen LogP contribution in [-0.4, -0.2) is 37.2 Å². The lowest BCUT2D eigenvalue weighted by Crippen LogP contribution is -2.36. The summed E-state index contributed by atoms with van der Waals surface area (Å²) in [7, 11) is -3.92. The highest BCUT2D eigenvalue weighted by Gasteiger charge is 2.25. The van der Waals surface area contributed by atoms with Gasteiger partial charge in [-0.25, -0.2) is 17.9 Å². The maximum Gasteiger partial charge on any atom is 0.347 e. The summed E-state index contributed by atoms with van der Waals surface area (Å²) in [4.78, 5) is 10.5. The summed E-state index contributed by atoms with van der Waals surface area (Å²) in [5.41, 5.74) is 0. The highest BCUT2D eigenvalue weighted by molar-refractivity contribution is 7.89. The lowest BCUT2D eigenvalue weighted by atomic mass is 9.97. The van der Waals surface area contributed by atoms with Gasteiger partial charge in [0.25, 0.3) is 0 Å². The number of carboxylic acid groups (broad SMARTS) is 1. The van der Waals surface area contributed by atoms with E-state index < -0.39 is 22.1 Å². The smallest absolute Gasteiger partial charge is 0.347 e. The van der Waals surface area contributed by atoms with Crippen molar-refractivity contribution < 1.29 is 23.4 Å². The average Bonchev–Trinajstić information content (AvgIpc) is 2.88. The van der Waals surface area contributed by atoms with E-state index in [9.17, 15) is 18.3 Å². The van der Waals surface area contributed by atoms with Crippen molar-refractivity contribution in [2.45, 2.75) is 37.7 Å². The number of thiophene rings is 1. The number of aliphatic hydroxyl groups excluding tert-OH is 1. The summed E-state index contributed by atoms with van der Waals surface area (Å²) in [6.07, 6.45) is 0.711. The number of nitrogens with one attached hydrogen (secondary N) is 1. The van der Waals surface area contributed by atoms with Crippen LogP contribution in [0.25, 0.3) is 0 Å². The van der Waals surface area contributed by atoms with Gasteiger partial charge in [-0.15, -0.1) is 11.3 Å². The molecule has 1 atom stereocenters. The van der Waals surface area contributed by atoms with E-state index in [2.05, 4.69) is 4.72 Å². The van der Waals surface area contributed by atoms with Crippen molar-refractivity contribution in [1.29, 1.82) is 0 Å². The van der Waals surface area contributed by atoms with E-state index in [4.69, 9.17) is 5.11 Å². The number of sulfonamides is 1. The Morgan fingerprint density at radius 3 is 2.50 bits per heavy atom. The minimum absolute atomic E-state index is 0.0131. The molecule has 8 heteroatoms. The van der Waals surface area contributed by atoms with Gasteiger partial charge < -0.3 is 10.2 Å². The Morgan fingerprint density at radius 1 is 1.40 bits per heavy atom. The first-order valence-electron chi connectivity index (χ1n) is 6.32. The van der Waals surface area contributed by atoms with Gasteiger partial charge in [0, 0.05) is 6.54 Å². The molecular weight excluding hydrogens is 302 g/mol. The average molecular weight is 321 g/mol. The molecule has 0 saturated heterocycles. The van der Waals surface area contributed by atoms with Gasteiger partial charge in [-0.3, -0.25) is 0 Å². The third kappa shape index (κ3) is 4.02. The first kappa shape index (κ1) is 17.1. The van der Waals surface area contributed by atoms with Gasteiger partial charge in [-0.2, -0.15) is 0 Å². The van der Waals surface area contributed by atoms with Crippen LogP contribution in [0.3, 0.4) is 0 Å². The number of hydrogen-bond donors (Lipinski definition) is 3. The van der Waals surface area contributed by atoms with Crippen LogP contribution in [0.4, 0.5) is 0 Å². The van der Waals surface area contributed by atoms with E-state index in [1.165, 1.54) is 11.4 Å². The summed E-state index contributed by atoms with van der Waals surface area (Å²) in [6.45, 7) is 3.73. The molecule has 0 aromatic carbocycles. The van der Waals surface area contributed by atoms with Crippen LogP contribution in [0, 0.1) is 5.92 Å². The van der Waals surface area contributed by atoms with E-state index in [-0.39, 0.29) is 22.2 Å². The number of carboxylic acids is 1. The lowest BCUT2D eigenvalue weighted by Gasteiger charge is -2.20. The fourth-order valence-electron chi connectivity index (χ4n) is 1.94. The summed E-state index contributed by atoms with van der Waals surface area (Å²) >= 11 is 0.853. The molecule has 0 bridgehead atoms. The summed E-state index contributed by atoms with van der Waals surface area (Å²) in [5, 5.41) is 20.2. The monoisotopic (exact) mass is 321 g/mol. The second-order valence-corrected chi connectivity index (χ2v) is 7.07. The first-order chi connectivity index (χ1) is 9.33. The molecule has 0 fully saturated rings. The third-order valence-corrected chi connectivity index (χ3v) is 5.69. The number of hydrogen-bond acceptors (Lipinski definition) is 5. The highest BCUT2D eigenvalue weighted by atomic mass is 32.2. The molecule has 0 aliphatic heterocycles. The SMILES string of the molecule is CCC(CC)C(O)CNS(=O)(=O)c1ccsc1C(=O)O. The highest BCUT2D eigenvalue weighted by Crippen LogP contribution is 2.22. The normalized spacial score (nSPS) is 13.6. The maximum atomic E-state index is 12.0. The van der Waals surface area contributed by atoms with Crippen LogP contribution in [0.5, 0.6) is 0 Å². The third-order valence-electron chi connectivity index (χ3n) is 3.19. The van der Waals surface area contributed by atoms with Crippen LogP contribution >= 0.6 is 11.3 Å². The Bertz CT molecular complexity index is 548. The van der Waals surface area contributed by atoms with Gasteiger partial charge in [0.2, 0.25) is 10.0 Å². The Morgan fingerprint density at radius 2 is 2.00 bits per heavy atom. The zero-order valence-corrected chi connectivity index (χ0v) is 13.0. The molecule has 3 N–H and O–H groups in total. The molecule has 20 heavy (non-hydrogen) atoms. The minimum atomic E-state index is -3.92. The van der Waals surface area contributed by atoms with Gasteiger partial charge in [0.15, 0.2) is 0 Å². The fourth-order valence-corrected chi connectivity index (χ4v) is 4.25. The van der Waals surface area contributed by atoms with Gasteiger partial charge >= 0.3 is 5.97 Å². The van der Waals surface area contributed by atoms with Crippen LogP contribution < -0.4 is 4.72 Å². The maximum absolute atomic E-state index is 12.0.